The van der Waals surface area contributed by atoms with E-state index in [1.54, 1.807) is 7.11 Å². The van der Waals surface area contributed by atoms with Crippen molar-refractivity contribution in [1.82, 2.24) is 20.3 Å². The average Bonchev–Trinajstić information content (AvgIpc) is 3.18. The zero-order valence-corrected chi connectivity index (χ0v) is 13.6. The van der Waals surface area contributed by atoms with Gasteiger partial charge >= 0.3 is 0 Å². The summed E-state index contributed by atoms with van der Waals surface area (Å²) in [5.74, 6) is 2.26. The Morgan fingerprint density at radius 1 is 1.27 bits per heavy atom. The molecule has 2 heterocycles. The second-order valence-electron chi connectivity index (χ2n) is 5.48. The molecule has 0 N–H and O–H groups in total. The molecule has 7 nitrogen and oxygen atoms in total. The van der Waals surface area contributed by atoms with Crippen molar-refractivity contribution in [2.24, 2.45) is 0 Å². The Kier molecular flexibility index (Phi) is 5.09. The molecule has 2 aromatic rings. The van der Waals surface area contributed by atoms with Crippen LogP contribution in [0.3, 0.4) is 0 Å². The molecule has 0 aromatic carbocycles. The third-order valence-electron chi connectivity index (χ3n) is 3.76. The molecule has 0 radical (unpaired) electrons. The molecule has 120 valence electrons. The molecule has 1 fully saturated rings. The monoisotopic (exact) mass is 324 g/mol. The van der Waals surface area contributed by atoms with Gasteiger partial charge in [0.1, 0.15) is 6.61 Å². The molecular formula is C14H20N4O3S. The van der Waals surface area contributed by atoms with Gasteiger partial charge in [0.2, 0.25) is 11.8 Å². The molecule has 0 bridgehead atoms. The van der Waals surface area contributed by atoms with Gasteiger partial charge in [0, 0.05) is 13.0 Å². The first kappa shape index (κ1) is 15.5. The SMILES string of the molecule is COCc1noc([C@H](C)Sc2nnc(C3CCCCC3)o2)n1. The zero-order valence-electron chi connectivity index (χ0n) is 12.8. The lowest BCUT2D eigenvalue weighted by Crippen LogP contribution is -2.04. The minimum atomic E-state index is -0.0437. The van der Waals surface area contributed by atoms with Crippen molar-refractivity contribution in [1.29, 1.82) is 0 Å². The van der Waals surface area contributed by atoms with Crippen LogP contribution in [0.5, 0.6) is 0 Å². The summed E-state index contributed by atoms with van der Waals surface area (Å²) in [6.45, 7) is 2.31. The maximum Gasteiger partial charge on any atom is 0.277 e. The van der Waals surface area contributed by atoms with Gasteiger partial charge in [-0.15, -0.1) is 10.2 Å². The number of ether oxygens (including phenoxy) is 1. The van der Waals surface area contributed by atoms with Gasteiger partial charge < -0.3 is 13.7 Å². The normalized spacial score (nSPS) is 17.7. The van der Waals surface area contributed by atoms with Crippen LogP contribution in [-0.4, -0.2) is 27.4 Å². The number of aromatic nitrogens is 4. The number of hydrogen-bond acceptors (Lipinski definition) is 8. The molecule has 0 spiro atoms. The summed E-state index contributed by atoms with van der Waals surface area (Å²) in [6, 6.07) is 0. The summed E-state index contributed by atoms with van der Waals surface area (Å²) in [5.41, 5.74) is 0. The topological polar surface area (TPSA) is 87.1 Å². The highest BCUT2D eigenvalue weighted by molar-refractivity contribution is 7.99. The molecule has 2 aromatic heterocycles. The summed E-state index contributed by atoms with van der Waals surface area (Å²) in [4.78, 5) is 4.28. The summed E-state index contributed by atoms with van der Waals surface area (Å²) >= 11 is 1.44. The predicted octanol–water partition coefficient (Wildman–Crippen LogP) is 3.50. The van der Waals surface area contributed by atoms with Crippen molar-refractivity contribution in [3.63, 3.8) is 0 Å². The Morgan fingerprint density at radius 2 is 2.09 bits per heavy atom. The van der Waals surface area contributed by atoms with Crippen molar-refractivity contribution >= 4 is 11.8 Å². The molecule has 8 heteroatoms. The van der Waals surface area contributed by atoms with Crippen LogP contribution in [0.2, 0.25) is 0 Å². The summed E-state index contributed by atoms with van der Waals surface area (Å²) < 4.78 is 16.0. The molecular weight excluding hydrogens is 304 g/mol. The van der Waals surface area contributed by atoms with Gasteiger partial charge in [-0.2, -0.15) is 4.98 Å². The highest BCUT2D eigenvalue weighted by Gasteiger charge is 2.23. The summed E-state index contributed by atoms with van der Waals surface area (Å²) in [5, 5.41) is 12.7. The number of rotatable bonds is 6. The van der Waals surface area contributed by atoms with E-state index in [0.29, 0.717) is 29.5 Å². The molecule has 3 rings (SSSR count). The van der Waals surface area contributed by atoms with Gasteiger partial charge in [0.25, 0.3) is 5.22 Å². The third-order valence-corrected chi connectivity index (χ3v) is 4.68. The molecule has 0 saturated heterocycles. The van der Waals surface area contributed by atoms with Crippen LogP contribution in [0.25, 0.3) is 0 Å². The second kappa shape index (κ2) is 7.23. The van der Waals surface area contributed by atoms with Gasteiger partial charge in [-0.1, -0.05) is 36.2 Å². The second-order valence-corrected chi connectivity index (χ2v) is 6.78. The molecule has 0 unspecified atom stereocenters. The summed E-state index contributed by atoms with van der Waals surface area (Å²) in [7, 11) is 1.60. The lowest BCUT2D eigenvalue weighted by molar-refractivity contribution is 0.174. The molecule has 1 saturated carbocycles. The van der Waals surface area contributed by atoms with Gasteiger partial charge in [-0.05, 0) is 19.8 Å². The first-order valence-electron chi connectivity index (χ1n) is 7.57. The van der Waals surface area contributed by atoms with Gasteiger partial charge in [0.15, 0.2) is 5.82 Å². The van der Waals surface area contributed by atoms with Gasteiger partial charge in [-0.3, -0.25) is 0 Å². The molecule has 0 amide bonds. The lowest BCUT2D eigenvalue weighted by Gasteiger charge is -2.17. The Hall–Kier alpha value is -1.41. The Bertz CT molecular complexity index is 594. The van der Waals surface area contributed by atoms with E-state index >= 15 is 0 Å². The van der Waals surface area contributed by atoms with Crippen molar-refractivity contribution in [2.75, 3.05) is 7.11 Å². The van der Waals surface area contributed by atoms with Crippen LogP contribution >= 0.6 is 11.8 Å². The van der Waals surface area contributed by atoms with Crippen LogP contribution in [0.15, 0.2) is 14.2 Å². The van der Waals surface area contributed by atoms with E-state index in [-0.39, 0.29) is 5.25 Å². The van der Waals surface area contributed by atoms with Crippen molar-refractivity contribution < 1.29 is 13.7 Å². The van der Waals surface area contributed by atoms with E-state index in [0.717, 1.165) is 18.7 Å². The van der Waals surface area contributed by atoms with E-state index < -0.39 is 0 Å². The van der Waals surface area contributed by atoms with E-state index in [1.165, 1.54) is 31.0 Å². The fraction of sp³-hybridized carbons (Fsp3) is 0.714. The maximum absolute atomic E-state index is 5.80. The minimum Gasteiger partial charge on any atom is -0.416 e. The zero-order chi connectivity index (χ0) is 15.4. The molecule has 1 aliphatic rings. The van der Waals surface area contributed by atoms with Crippen LogP contribution in [0.4, 0.5) is 0 Å². The first-order chi connectivity index (χ1) is 10.8. The fourth-order valence-corrected chi connectivity index (χ4v) is 3.32. The van der Waals surface area contributed by atoms with Gasteiger partial charge in [0.05, 0.1) is 5.25 Å². The number of hydrogen-bond donors (Lipinski definition) is 0. The summed E-state index contributed by atoms with van der Waals surface area (Å²) in [6.07, 6.45) is 6.09. The lowest BCUT2D eigenvalue weighted by atomic mass is 9.89. The van der Waals surface area contributed by atoms with Crippen molar-refractivity contribution in [3.05, 3.63) is 17.6 Å². The largest absolute Gasteiger partial charge is 0.416 e. The molecule has 22 heavy (non-hydrogen) atoms. The smallest absolute Gasteiger partial charge is 0.277 e. The number of nitrogens with zero attached hydrogens (tertiary/aromatic N) is 4. The molecule has 0 aliphatic heterocycles. The van der Waals surface area contributed by atoms with Gasteiger partial charge in [-0.25, -0.2) is 0 Å². The Labute approximate surface area is 133 Å². The number of thioether (sulfide) groups is 1. The van der Waals surface area contributed by atoms with Crippen LogP contribution in [0.1, 0.15) is 67.8 Å². The molecule has 1 atom stereocenters. The third kappa shape index (κ3) is 3.67. The van der Waals surface area contributed by atoms with Crippen molar-refractivity contribution in [2.45, 2.75) is 62.0 Å². The van der Waals surface area contributed by atoms with E-state index in [1.807, 2.05) is 6.92 Å². The van der Waals surface area contributed by atoms with E-state index in [9.17, 15) is 0 Å². The van der Waals surface area contributed by atoms with E-state index in [4.69, 9.17) is 13.7 Å². The van der Waals surface area contributed by atoms with E-state index in [2.05, 4.69) is 20.3 Å². The van der Waals surface area contributed by atoms with Crippen LogP contribution in [0, 0.1) is 0 Å². The maximum atomic E-state index is 5.80. The fourth-order valence-electron chi connectivity index (χ4n) is 2.60. The Balaban J connectivity index is 1.61. The quantitative estimate of drug-likeness (QED) is 0.746. The predicted molar refractivity (Wildman–Crippen MR) is 79.4 cm³/mol. The standard InChI is InChI=1S/C14H20N4O3S/c1-9(12-15-11(8-19-2)18-21-12)22-14-17-16-13(20-14)10-6-4-3-5-7-10/h9-10H,3-8H2,1-2H3/t9-/m0/s1. The first-order valence-corrected chi connectivity index (χ1v) is 8.45. The highest BCUT2D eigenvalue weighted by Crippen LogP contribution is 2.36. The highest BCUT2D eigenvalue weighted by atomic mass is 32.2. The van der Waals surface area contributed by atoms with Crippen LogP contribution in [-0.2, 0) is 11.3 Å². The number of methoxy groups -OCH3 is 1. The van der Waals surface area contributed by atoms with Crippen LogP contribution < -0.4 is 0 Å². The van der Waals surface area contributed by atoms with Crippen molar-refractivity contribution in [3.8, 4) is 0 Å². The minimum absolute atomic E-state index is 0.0437. The molecule has 1 aliphatic carbocycles. The average molecular weight is 324 g/mol. The Morgan fingerprint density at radius 3 is 2.86 bits per heavy atom.